The Balaban J connectivity index is 1.32. The Morgan fingerprint density at radius 3 is 2.43 bits per heavy atom. The normalized spacial score (nSPS) is 28.7. The number of likely N-dealkylation sites (tertiary alicyclic amines) is 1. The third-order valence-corrected chi connectivity index (χ3v) is 12.4. The molecule has 3 N–H and O–H groups in total. The smallest absolute Gasteiger partial charge is 0.327 e. The number of unbranched alkanes of at least 4 members (excludes halogenated alkanes) is 4. The van der Waals surface area contributed by atoms with Crippen LogP contribution < -0.4 is 5.32 Å². The topological polar surface area (TPSA) is 183 Å². The Kier molecular flexibility index (Phi) is 15.4. The molecule has 1 aromatic carbocycles. The Bertz CT molecular complexity index is 1670. The van der Waals surface area contributed by atoms with Gasteiger partial charge < -0.3 is 44.1 Å². The molecule has 4 heterocycles. The maximum atomic E-state index is 15.6. The lowest BCUT2D eigenvalue weighted by molar-refractivity contribution is -0.225. The van der Waals surface area contributed by atoms with Gasteiger partial charge in [0.25, 0.3) is 0 Å². The summed E-state index contributed by atoms with van der Waals surface area (Å²) < 4.78 is 31.1. The summed E-state index contributed by atoms with van der Waals surface area (Å²) in [7, 11) is 0. The van der Waals surface area contributed by atoms with Crippen molar-refractivity contribution in [2.45, 2.75) is 179 Å². The maximum Gasteiger partial charge on any atom is 0.327 e. The molecule has 1 saturated carbocycles. The zero-order chi connectivity index (χ0) is 43.1. The third-order valence-electron chi connectivity index (χ3n) is 12.4. The molecule has 0 spiro atoms. The Morgan fingerprint density at radius 2 is 1.75 bits per heavy atom. The Morgan fingerprint density at radius 1 is 1.03 bits per heavy atom. The number of nitrogens with one attached hydrogen (secondary N) is 1. The van der Waals surface area contributed by atoms with E-state index in [9.17, 15) is 24.6 Å². The van der Waals surface area contributed by atoms with Gasteiger partial charge in [-0.15, -0.1) is 0 Å². The number of rotatable bonds is 21. The van der Waals surface area contributed by atoms with E-state index in [4.69, 9.17) is 28.5 Å². The van der Waals surface area contributed by atoms with E-state index in [1.54, 1.807) is 36.8 Å². The van der Waals surface area contributed by atoms with E-state index in [1.807, 2.05) is 24.3 Å². The molecule has 2 bridgehead atoms. The van der Waals surface area contributed by atoms with Crippen molar-refractivity contribution in [1.82, 2.24) is 15.3 Å². The SMILES string of the molecule is CCCCCC1(CCCCC)OC2C3CC4(C(=O)N5CCCC5C(=O)NC(CO)CCC(=O)OC(C)(C)C)C(ON(Cc5ccccc5C=COCCO)C4C(=O)O3)C2O1. The minimum atomic E-state index is -1.47. The van der Waals surface area contributed by atoms with Gasteiger partial charge in [0.15, 0.2) is 11.8 Å². The van der Waals surface area contributed by atoms with Crippen LogP contribution in [0.25, 0.3) is 6.08 Å². The Labute approximate surface area is 354 Å². The highest BCUT2D eigenvalue weighted by Crippen LogP contribution is 2.59. The number of hydrogen-bond donors (Lipinski definition) is 3. The number of esters is 2. The number of aliphatic hydroxyl groups is 2. The van der Waals surface area contributed by atoms with Crippen LogP contribution in [0, 0.1) is 5.41 Å². The number of nitrogens with zero attached hydrogens (tertiary/aromatic N) is 2. The van der Waals surface area contributed by atoms with Gasteiger partial charge in [-0.2, -0.15) is 5.06 Å². The molecular weight excluding hydrogens is 775 g/mol. The van der Waals surface area contributed by atoms with Gasteiger partial charge in [-0.05, 0) is 70.1 Å². The second kappa shape index (κ2) is 20.1. The van der Waals surface area contributed by atoms with Crippen molar-refractivity contribution in [2.75, 3.05) is 26.4 Å². The summed E-state index contributed by atoms with van der Waals surface area (Å²) >= 11 is 0. The van der Waals surface area contributed by atoms with Crippen molar-refractivity contribution >= 4 is 29.8 Å². The first kappa shape index (κ1) is 45.9. The second-order valence-electron chi connectivity index (χ2n) is 18.0. The molecule has 0 radical (unpaired) electrons. The predicted octanol–water partition coefficient (Wildman–Crippen LogP) is 4.70. The molecule has 5 aliphatic rings. The summed E-state index contributed by atoms with van der Waals surface area (Å²) in [5, 5.41) is 23.8. The Hall–Kier alpha value is -3.60. The van der Waals surface area contributed by atoms with Crippen LogP contribution in [0.5, 0.6) is 0 Å². The largest absolute Gasteiger partial charge is 0.499 e. The van der Waals surface area contributed by atoms with Gasteiger partial charge in [-0.1, -0.05) is 63.8 Å². The second-order valence-corrected chi connectivity index (χ2v) is 18.0. The summed E-state index contributed by atoms with van der Waals surface area (Å²) in [6.07, 6.45) is 8.55. The highest BCUT2D eigenvalue weighted by molar-refractivity contribution is 5.96. The van der Waals surface area contributed by atoms with E-state index < -0.39 is 83.8 Å². The highest BCUT2D eigenvalue weighted by atomic mass is 16.8. The number of ether oxygens (including phenoxy) is 5. The fourth-order valence-corrected chi connectivity index (χ4v) is 9.67. The van der Waals surface area contributed by atoms with E-state index in [1.165, 1.54) is 6.26 Å². The molecule has 8 atom stereocenters. The first-order chi connectivity index (χ1) is 28.8. The minimum Gasteiger partial charge on any atom is -0.499 e. The van der Waals surface area contributed by atoms with Crippen molar-refractivity contribution < 1.29 is 57.9 Å². The van der Waals surface area contributed by atoms with E-state index in [2.05, 4.69) is 19.2 Å². The molecule has 4 aliphatic heterocycles. The van der Waals surface area contributed by atoms with Gasteiger partial charge in [-0.25, -0.2) is 0 Å². The van der Waals surface area contributed by atoms with Gasteiger partial charge in [0.05, 0.1) is 32.1 Å². The van der Waals surface area contributed by atoms with Gasteiger partial charge >= 0.3 is 11.9 Å². The molecule has 6 rings (SSSR count). The number of fused-ring (bicyclic) bond motifs is 4. The lowest BCUT2D eigenvalue weighted by atomic mass is 9.62. The molecule has 15 nitrogen and oxygen atoms in total. The molecule has 2 amide bonds. The van der Waals surface area contributed by atoms with Crippen LogP contribution in [0.3, 0.4) is 0 Å². The summed E-state index contributed by atoms with van der Waals surface area (Å²) in [4.78, 5) is 65.0. The quantitative estimate of drug-likeness (QED) is 0.0882. The fourth-order valence-electron chi connectivity index (χ4n) is 9.67. The minimum absolute atomic E-state index is 0.00313. The zero-order valence-corrected chi connectivity index (χ0v) is 36.1. The van der Waals surface area contributed by atoms with Gasteiger partial charge in [0, 0.05) is 32.2 Å². The van der Waals surface area contributed by atoms with E-state index in [0.29, 0.717) is 25.7 Å². The van der Waals surface area contributed by atoms with E-state index >= 15 is 4.79 Å². The summed E-state index contributed by atoms with van der Waals surface area (Å²) in [5.41, 5.74) is -0.551. The van der Waals surface area contributed by atoms with Crippen LogP contribution in [-0.2, 0) is 54.2 Å². The molecular formula is C45H67N3O12. The van der Waals surface area contributed by atoms with Crippen LogP contribution in [0.4, 0.5) is 0 Å². The van der Waals surface area contributed by atoms with Crippen LogP contribution >= 0.6 is 0 Å². The van der Waals surface area contributed by atoms with Crippen molar-refractivity contribution in [3.05, 3.63) is 41.7 Å². The van der Waals surface area contributed by atoms with Crippen molar-refractivity contribution in [1.29, 1.82) is 0 Å². The number of benzene rings is 1. The third kappa shape index (κ3) is 10.0. The number of aliphatic hydroxyl groups excluding tert-OH is 2. The number of amides is 2. The summed E-state index contributed by atoms with van der Waals surface area (Å²) in [6, 6.07) is 4.81. The van der Waals surface area contributed by atoms with Gasteiger partial charge in [0.2, 0.25) is 11.8 Å². The van der Waals surface area contributed by atoms with Gasteiger partial charge in [-0.3, -0.25) is 24.0 Å². The highest BCUT2D eigenvalue weighted by Gasteiger charge is 2.77. The zero-order valence-electron chi connectivity index (χ0n) is 36.1. The molecule has 5 fully saturated rings. The van der Waals surface area contributed by atoms with Crippen LogP contribution in [0.1, 0.15) is 129 Å². The molecule has 8 unspecified atom stereocenters. The predicted molar refractivity (Wildman–Crippen MR) is 219 cm³/mol. The van der Waals surface area contributed by atoms with E-state index in [0.717, 1.165) is 49.7 Å². The first-order valence-corrected chi connectivity index (χ1v) is 22.2. The van der Waals surface area contributed by atoms with Gasteiger partial charge in [0.1, 0.15) is 48.1 Å². The maximum absolute atomic E-state index is 15.6. The molecule has 60 heavy (non-hydrogen) atoms. The molecule has 1 aromatic rings. The molecule has 0 aromatic heterocycles. The monoisotopic (exact) mass is 841 g/mol. The van der Waals surface area contributed by atoms with Crippen LogP contribution in [-0.4, -0.2) is 124 Å². The average Bonchev–Trinajstić information content (AvgIpc) is 3.94. The van der Waals surface area contributed by atoms with E-state index in [-0.39, 0.29) is 51.5 Å². The summed E-state index contributed by atoms with van der Waals surface area (Å²) in [6.45, 7) is 9.63. The lowest BCUT2D eigenvalue weighted by Crippen LogP contribution is -2.70. The van der Waals surface area contributed by atoms with Crippen LogP contribution in [0.15, 0.2) is 30.5 Å². The van der Waals surface area contributed by atoms with Crippen molar-refractivity contribution in [2.24, 2.45) is 5.41 Å². The van der Waals surface area contributed by atoms with Crippen molar-refractivity contribution in [3.8, 4) is 0 Å². The lowest BCUT2D eigenvalue weighted by Gasteiger charge is -2.50. The number of hydrogen-bond acceptors (Lipinski definition) is 13. The number of hydroxylamine groups is 2. The van der Waals surface area contributed by atoms with Crippen LogP contribution in [0.2, 0.25) is 0 Å². The average molecular weight is 842 g/mol. The number of carbonyl (C=O) groups is 4. The first-order valence-electron chi connectivity index (χ1n) is 22.2. The number of carbonyl (C=O) groups excluding carboxylic acids is 4. The van der Waals surface area contributed by atoms with Crippen molar-refractivity contribution in [3.63, 3.8) is 0 Å². The summed E-state index contributed by atoms with van der Waals surface area (Å²) in [5.74, 6) is -2.78. The molecule has 4 saturated heterocycles. The molecule has 334 valence electrons. The molecule has 1 aliphatic carbocycles. The standard InChI is InChI=1S/C45H67N3O12/c1-6-8-12-21-44(22-13-9-7-2)58-36-34-27-45(42(54)47-23-14-17-33(47)40(52)46-32(29-50)18-19-35(51)57-43(3,4)5)38(41(53)56-34)48(60-39(45)37(36)59-44)28-31-16-11-10-15-30(31)20-25-55-26-24-49/h10-11,15-16,20,25,32-34,36-39,49-50H,6-9,12-14,17-19,21-24,26-29H2,1-5H3,(H,46,52). The fraction of sp³-hybridized carbons (Fsp3) is 0.733. The molecule has 15 heteroatoms.